The number of hydrogen-bond donors (Lipinski definition) is 0. The molecule has 0 atom stereocenters. The molecule has 25 heavy (non-hydrogen) atoms. The molecule has 0 N–H and O–H groups in total. The monoisotopic (exact) mass is 394 g/mol. The van der Waals surface area contributed by atoms with Crippen molar-refractivity contribution in [3.8, 4) is 0 Å². The van der Waals surface area contributed by atoms with Crippen molar-refractivity contribution >= 4 is 17.4 Å². The third-order valence-corrected chi connectivity index (χ3v) is 13.4. The zero-order valence-corrected chi connectivity index (χ0v) is 19.5. The van der Waals surface area contributed by atoms with Gasteiger partial charge in [0.05, 0.1) is 5.67 Å². The first kappa shape index (κ1) is 25.2. The largest absolute Gasteiger partial charge is 0.502 e. The van der Waals surface area contributed by atoms with Gasteiger partial charge in [0.15, 0.2) is 0 Å². The summed E-state index contributed by atoms with van der Waals surface area (Å²) in [5.41, 5.74) is 0.633. The molecule has 0 rings (SSSR count). The summed E-state index contributed by atoms with van der Waals surface area (Å²) in [6.07, 6.45) is 13.3. The fourth-order valence-corrected chi connectivity index (χ4v) is 11.3. The maximum absolute atomic E-state index is 5.84. The molecule has 0 aromatic carbocycles. The highest BCUT2D eigenvalue weighted by atomic mass is 28.4. The minimum Gasteiger partial charge on any atom is -0.398 e. The number of hydrogen-bond acceptors (Lipinski definition) is 5. The second-order valence-corrected chi connectivity index (χ2v) is 13.9. The predicted molar refractivity (Wildman–Crippen MR) is 108 cm³/mol. The highest BCUT2D eigenvalue weighted by Crippen LogP contribution is 2.28. The highest BCUT2D eigenvalue weighted by molar-refractivity contribution is 6.83. The van der Waals surface area contributed by atoms with E-state index in [9.17, 15) is 0 Å². The van der Waals surface area contributed by atoms with Crippen LogP contribution in [0.1, 0.15) is 71.1 Å². The van der Waals surface area contributed by atoms with Crippen molar-refractivity contribution in [3.05, 3.63) is 0 Å². The van der Waals surface area contributed by atoms with E-state index in [4.69, 9.17) is 22.1 Å². The van der Waals surface area contributed by atoms with Crippen LogP contribution in [0.5, 0.6) is 0 Å². The lowest BCUT2D eigenvalue weighted by Crippen LogP contribution is -2.54. The molecule has 0 aliphatic heterocycles. The molecule has 0 unspecified atom stereocenters. The molecule has 0 aromatic rings. The second kappa shape index (κ2) is 15.3. The molecule has 0 fully saturated rings. The van der Waals surface area contributed by atoms with E-state index in [0.29, 0.717) is 5.67 Å². The van der Waals surface area contributed by atoms with Crippen molar-refractivity contribution in [1.29, 1.82) is 0 Å². The Morgan fingerprint density at radius 2 is 0.920 bits per heavy atom. The van der Waals surface area contributed by atoms with Gasteiger partial charge in [-0.2, -0.15) is 0 Å². The quantitative estimate of drug-likeness (QED) is 0.240. The summed E-state index contributed by atoms with van der Waals surface area (Å²) in [4.78, 5) is 0. The molecule has 0 saturated carbocycles. The van der Waals surface area contributed by atoms with E-state index in [2.05, 4.69) is 6.92 Å². The van der Waals surface area contributed by atoms with Crippen molar-refractivity contribution in [2.45, 2.75) is 82.8 Å². The molecule has 0 aromatic heterocycles. The first-order chi connectivity index (χ1) is 12.1. The Kier molecular flexibility index (Phi) is 15.5. The molecule has 5 nitrogen and oxygen atoms in total. The Balaban J connectivity index is 4.11. The Hall–Kier alpha value is 0.234. The Labute approximate surface area is 158 Å². The molecule has 0 heterocycles. The molecule has 0 bridgehead atoms. The van der Waals surface area contributed by atoms with Crippen molar-refractivity contribution in [1.82, 2.24) is 0 Å². The van der Waals surface area contributed by atoms with Crippen LogP contribution in [0.4, 0.5) is 0 Å². The standard InChI is InChI=1S/C18H42O5Si2/c1-7-8-9-10-11-12-13-14-15-16-17-24(19-2,20-3)18-25(21-4,22-5)23-6/h7-18H2,1-6H3. The van der Waals surface area contributed by atoms with Crippen LogP contribution in [0, 0.1) is 0 Å². The van der Waals surface area contributed by atoms with Gasteiger partial charge in [0.2, 0.25) is 0 Å². The molecule has 0 amide bonds. The van der Waals surface area contributed by atoms with Gasteiger partial charge in [-0.3, -0.25) is 0 Å². The Morgan fingerprint density at radius 1 is 0.520 bits per heavy atom. The lowest BCUT2D eigenvalue weighted by atomic mass is 10.1. The molecular formula is C18H42O5Si2. The van der Waals surface area contributed by atoms with Gasteiger partial charge in [-0.15, -0.1) is 0 Å². The fourth-order valence-electron chi connectivity index (χ4n) is 3.20. The first-order valence-corrected chi connectivity index (χ1v) is 14.0. The fraction of sp³-hybridized carbons (Fsp3) is 1.00. The normalized spacial score (nSPS) is 12.7. The smallest absolute Gasteiger partial charge is 0.398 e. The average Bonchev–Trinajstić information content (AvgIpc) is 2.66. The Bertz CT molecular complexity index is 289. The summed E-state index contributed by atoms with van der Waals surface area (Å²) in [5.74, 6) is 0. The highest BCUT2D eigenvalue weighted by Gasteiger charge is 2.51. The second-order valence-electron chi connectivity index (χ2n) is 6.72. The maximum atomic E-state index is 5.84. The van der Waals surface area contributed by atoms with Crippen LogP contribution in [-0.2, 0) is 22.1 Å². The van der Waals surface area contributed by atoms with E-state index < -0.39 is 17.4 Å². The van der Waals surface area contributed by atoms with E-state index in [1.165, 1.54) is 57.8 Å². The van der Waals surface area contributed by atoms with Crippen LogP contribution < -0.4 is 0 Å². The molecular weight excluding hydrogens is 352 g/mol. The van der Waals surface area contributed by atoms with Gasteiger partial charge in [0.25, 0.3) is 0 Å². The van der Waals surface area contributed by atoms with Crippen LogP contribution in [-0.4, -0.2) is 52.9 Å². The van der Waals surface area contributed by atoms with Crippen molar-refractivity contribution in [3.63, 3.8) is 0 Å². The van der Waals surface area contributed by atoms with E-state index in [0.717, 1.165) is 12.5 Å². The van der Waals surface area contributed by atoms with Gasteiger partial charge in [-0.25, -0.2) is 0 Å². The number of unbranched alkanes of at least 4 members (excludes halogenated alkanes) is 9. The minimum atomic E-state index is -2.68. The van der Waals surface area contributed by atoms with E-state index in [1.807, 2.05) is 0 Å². The van der Waals surface area contributed by atoms with Crippen LogP contribution in [0.25, 0.3) is 0 Å². The lowest BCUT2D eigenvalue weighted by Gasteiger charge is -2.34. The third-order valence-electron chi connectivity index (χ3n) is 5.07. The summed E-state index contributed by atoms with van der Waals surface area (Å²) in [6, 6.07) is 0.960. The van der Waals surface area contributed by atoms with Crippen LogP contribution in [0.3, 0.4) is 0 Å². The molecule has 0 radical (unpaired) electrons. The van der Waals surface area contributed by atoms with E-state index >= 15 is 0 Å². The van der Waals surface area contributed by atoms with Crippen LogP contribution in [0.15, 0.2) is 0 Å². The minimum absolute atomic E-state index is 0.633. The lowest BCUT2D eigenvalue weighted by molar-refractivity contribution is 0.122. The zero-order valence-electron chi connectivity index (χ0n) is 17.5. The molecule has 0 spiro atoms. The average molecular weight is 395 g/mol. The Morgan fingerprint density at radius 3 is 1.28 bits per heavy atom. The predicted octanol–water partition coefficient (Wildman–Crippen LogP) is 5.06. The maximum Gasteiger partial charge on any atom is 0.502 e. The molecule has 7 heteroatoms. The molecule has 0 saturated heterocycles. The van der Waals surface area contributed by atoms with Crippen molar-refractivity contribution in [2.24, 2.45) is 0 Å². The van der Waals surface area contributed by atoms with Gasteiger partial charge in [-0.05, 0) is 6.04 Å². The summed E-state index contributed by atoms with van der Waals surface area (Å²) in [5, 5.41) is 0. The molecule has 0 aliphatic carbocycles. The van der Waals surface area contributed by atoms with Gasteiger partial charge >= 0.3 is 17.4 Å². The van der Waals surface area contributed by atoms with Gasteiger partial charge in [0.1, 0.15) is 0 Å². The summed E-state index contributed by atoms with van der Waals surface area (Å²) < 4.78 is 28.4. The van der Waals surface area contributed by atoms with Gasteiger partial charge in [-0.1, -0.05) is 71.1 Å². The topological polar surface area (TPSA) is 46.2 Å². The van der Waals surface area contributed by atoms with E-state index in [1.54, 1.807) is 35.5 Å². The van der Waals surface area contributed by atoms with Crippen molar-refractivity contribution < 1.29 is 22.1 Å². The van der Waals surface area contributed by atoms with Crippen LogP contribution in [0.2, 0.25) is 11.7 Å². The van der Waals surface area contributed by atoms with E-state index in [-0.39, 0.29) is 0 Å². The summed E-state index contributed by atoms with van der Waals surface area (Å²) in [6.45, 7) is 2.27. The molecule has 0 aliphatic rings. The zero-order chi connectivity index (χ0) is 19.0. The third kappa shape index (κ3) is 10.2. The van der Waals surface area contributed by atoms with Crippen LogP contribution >= 0.6 is 0 Å². The molecule has 152 valence electrons. The summed E-state index contributed by atoms with van der Waals surface area (Å²) in [7, 11) is 3.39. The first-order valence-electron chi connectivity index (χ1n) is 9.83. The SMILES string of the molecule is CCCCCCCCCCCC[Si](C[Si](OC)(OC)OC)(OC)OC. The van der Waals surface area contributed by atoms with Crippen molar-refractivity contribution in [2.75, 3.05) is 35.5 Å². The van der Waals surface area contributed by atoms with Gasteiger partial charge in [0, 0.05) is 35.5 Å². The number of rotatable bonds is 18. The summed E-state index contributed by atoms with van der Waals surface area (Å²) >= 11 is 0. The van der Waals surface area contributed by atoms with Gasteiger partial charge < -0.3 is 22.1 Å².